The van der Waals surface area contributed by atoms with Crippen LogP contribution in [0.15, 0.2) is 24.5 Å². The second-order valence-electron chi connectivity index (χ2n) is 3.29. The number of nitrogens with zero attached hydrogens (tertiary/aromatic N) is 2. The monoisotopic (exact) mass is 253 g/mol. The number of pyridine rings is 1. The zero-order valence-corrected chi connectivity index (χ0v) is 10.5. The van der Waals surface area contributed by atoms with Crippen molar-refractivity contribution in [3.8, 4) is 0 Å². The molecule has 0 fully saturated rings. The molecule has 2 aromatic heterocycles. The number of hydrogen-bond donors (Lipinski definition) is 1. The smallest absolute Gasteiger partial charge is 0.131 e. The first-order valence-corrected chi connectivity index (χ1v) is 6.26. The van der Waals surface area contributed by atoms with E-state index in [4.69, 9.17) is 11.6 Å². The van der Waals surface area contributed by atoms with Gasteiger partial charge in [-0.15, -0.1) is 11.3 Å². The Bertz CT molecular complexity index is 470. The Morgan fingerprint density at radius 2 is 2.31 bits per heavy atom. The van der Waals surface area contributed by atoms with E-state index >= 15 is 0 Å². The van der Waals surface area contributed by atoms with E-state index in [-0.39, 0.29) is 0 Å². The van der Waals surface area contributed by atoms with Crippen molar-refractivity contribution in [3.63, 3.8) is 0 Å². The lowest BCUT2D eigenvalue weighted by Crippen LogP contribution is -1.97. The molecule has 84 valence electrons. The normalized spacial score (nSPS) is 10.4. The van der Waals surface area contributed by atoms with Crippen molar-refractivity contribution in [1.82, 2.24) is 9.97 Å². The zero-order chi connectivity index (χ0) is 11.4. The predicted molar refractivity (Wildman–Crippen MR) is 68.1 cm³/mol. The van der Waals surface area contributed by atoms with Crippen molar-refractivity contribution >= 4 is 28.6 Å². The van der Waals surface area contributed by atoms with Crippen LogP contribution in [-0.4, -0.2) is 9.97 Å². The van der Waals surface area contributed by atoms with Gasteiger partial charge in [0.15, 0.2) is 0 Å². The summed E-state index contributed by atoms with van der Waals surface area (Å²) in [5.74, 6) is 0. The van der Waals surface area contributed by atoms with Crippen LogP contribution in [0.25, 0.3) is 0 Å². The van der Waals surface area contributed by atoms with Crippen molar-refractivity contribution in [1.29, 1.82) is 0 Å². The summed E-state index contributed by atoms with van der Waals surface area (Å²) in [4.78, 5) is 9.46. The first kappa shape index (κ1) is 11.4. The molecule has 0 atom stereocenters. The fraction of sp³-hybridized carbons (Fsp3) is 0.273. The van der Waals surface area contributed by atoms with E-state index in [1.54, 1.807) is 17.5 Å². The third-order valence-electron chi connectivity index (χ3n) is 2.10. The number of aryl methyl sites for hydroxylation is 1. The molecule has 0 spiro atoms. The van der Waals surface area contributed by atoms with Crippen LogP contribution >= 0.6 is 22.9 Å². The minimum absolute atomic E-state index is 0.503. The Morgan fingerprint density at radius 3 is 3.00 bits per heavy atom. The van der Waals surface area contributed by atoms with Crippen LogP contribution in [0.1, 0.15) is 16.8 Å². The lowest BCUT2D eigenvalue weighted by Gasteiger charge is -2.03. The second kappa shape index (κ2) is 5.27. The average molecular weight is 254 g/mol. The van der Waals surface area contributed by atoms with Crippen LogP contribution in [0, 0.1) is 0 Å². The van der Waals surface area contributed by atoms with Gasteiger partial charge in [-0.25, -0.2) is 9.97 Å². The van der Waals surface area contributed by atoms with Crippen LogP contribution in [0.3, 0.4) is 0 Å². The lowest BCUT2D eigenvalue weighted by atomic mass is 10.4. The molecule has 5 heteroatoms. The molecule has 0 aromatic carbocycles. The quantitative estimate of drug-likeness (QED) is 0.849. The Morgan fingerprint density at radius 1 is 1.44 bits per heavy atom. The Hall–Kier alpha value is -1.13. The second-order valence-corrected chi connectivity index (χ2v) is 4.88. The molecule has 0 radical (unpaired) electrons. The zero-order valence-electron chi connectivity index (χ0n) is 8.90. The summed E-state index contributed by atoms with van der Waals surface area (Å²) in [6, 6.07) is 3.71. The number of nitrogens with one attached hydrogen (secondary N) is 1. The molecule has 0 amide bonds. The highest BCUT2D eigenvalue weighted by Crippen LogP contribution is 2.17. The highest BCUT2D eigenvalue weighted by atomic mass is 35.5. The summed E-state index contributed by atoms with van der Waals surface area (Å²) in [5.41, 5.74) is 0.978. The molecule has 0 aliphatic carbocycles. The van der Waals surface area contributed by atoms with E-state index in [9.17, 15) is 0 Å². The molecule has 2 heterocycles. The maximum Gasteiger partial charge on any atom is 0.131 e. The third-order valence-corrected chi connectivity index (χ3v) is 3.45. The maximum atomic E-state index is 5.79. The first-order chi connectivity index (χ1) is 7.78. The largest absolute Gasteiger partial charge is 0.380 e. The van der Waals surface area contributed by atoms with Gasteiger partial charge in [-0.2, -0.15) is 0 Å². The van der Waals surface area contributed by atoms with Crippen LogP contribution in [0.5, 0.6) is 0 Å². The minimum atomic E-state index is 0.503. The van der Waals surface area contributed by atoms with Gasteiger partial charge in [-0.1, -0.05) is 18.5 Å². The van der Waals surface area contributed by atoms with Crippen LogP contribution in [0.4, 0.5) is 5.69 Å². The highest BCUT2D eigenvalue weighted by Gasteiger charge is 2.00. The summed E-state index contributed by atoms with van der Waals surface area (Å²) in [7, 11) is 0. The topological polar surface area (TPSA) is 37.8 Å². The summed E-state index contributed by atoms with van der Waals surface area (Å²) in [6.45, 7) is 2.89. The number of aromatic nitrogens is 2. The molecule has 0 aliphatic rings. The lowest BCUT2D eigenvalue weighted by molar-refractivity contribution is 1.09. The van der Waals surface area contributed by atoms with Gasteiger partial charge < -0.3 is 5.32 Å². The van der Waals surface area contributed by atoms with Crippen molar-refractivity contribution in [2.75, 3.05) is 5.32 Å². The fourth-order valence-corrected chi connectivity index (χ4v) is 2.27. The predicted octanol–water partition coefficient (Wildman–Crippen LogP) is 3.37. The van der Waals surface area contributed by atoms with Gasteiger partial charge >= 0.3 is 0 Å². The van der Waals surface area contributed by atoms with Crippen molar-refractivity contribution in [2.24, 2.45) is 0 Å². The standard InChI is InChI=1S/C11H12ClN3S/c1-2-11-15-7-9(16-11)6-14-8-3-4-13-10(12)5-8/h3-5,7H,2,6H2,1H3,(H,13,14). The molecule has 3 nitrogen and oxygen atoms in total. The maximum absolute atomic E-state index is 5.79. The van der Waals surface area contributed by atoms with Gasteiger partial charge in [-0.05, 0) is 18.6 Å². The molecular weight excluding hydrogens is 242 g/mol. The number of halogens is 1. The number of rotatable bonds is 4. The van der Waals surface area contributed by atoms with Gasteiger partial charge in [0, 0.05) is 23.0 Å². The van der Waals surface area contributed by atoms with Crippen molar-refractivity contribution < 1.29 is 0 Å². The van der Waals surface area contributed by atoms with Crippen molar-refractivity contribution in [2.45, 2.75) is 19.9 Å². The van der Waals surface area contributed by atoms with Crippen LogP contribution in [-0.2, 0) is 13.0 Å². The molecule has 1 N–H and O–H groups in total. The van der Waals surface area contributed by atoms with Crippen molar-refractivity contribution in [3.05, 3.63) is 39.6 Å². The minimum Gasteiger partial charge on any atom is -0.380 e. The Balaban J connectivity index is 1.96. The van der Waals surface area contributed by atoms with Gasteiger partial charge in [0.25, 0.3) is 0 Å². The van der Waals surface area contributed by atoms with Gasteiger partial charge in [0.2, 0.25) is 0 Å². The first-order valence-electron chi connectivity index (χ1n) is 5.07. The Labute approximate surface area is 104 Å². The molecule has 2 aromatic rings. The summed E-state index contributed by atoms with van der Waals surface area (Å²) in [5, 5.41) is 4.96. The Kier molecular flexibility index (Phi) is 3.74. The average Bonchev–Trinajstić information content (AvgIpc) is 2.74. The molecule has 0 saturated heterocycles. The number of anilines is 1. The molecule has 0 saturated carbocycles. The number of hydrogen-bond acceptors (Lipinski definition) is 4. The van der Waals surface area contributed by atoms with Gasteiger partial charge in [0.05, 0.1) is 11.6 Å². The van der Waals surface area contributed by atoms with Crippen LogP contribution in [0.2, 0.25) is 5.15 Å². The summed E-state index contributed by atoms with van der Waals surface area (Å²) in [6.07, 6.45) is 4.60. The van der Waals surface area contributed by atoms with E-state index in [0.717, 1.165) is 18.7 Å². The number of thiazole rings is 1. The molecule has 0 aliphatic heterocycles. The van der Waals surface area contributed by atoms with E-state index < -0.39 is 0 Å². The fourth-order valence-electron chi connectivity index (χ4n) is 1.29. The SMILES string of the molecule is CCc1ncc(CNc2ccnc(Cl)c2)s1. The van der Waals surface area contributed by atoms with Crippen LogP contribution < -0.4 is 5.32 Å². The molecule has 16 heavy (non-hydrogen) atoms. The molecule has 2 rings (SSSR count). The van der Waals surface area contributed by atoms with E-state index in [1.165, 1.54) is 9.88 Å². The van der Waals surface area contributed by atoms with E-state index in [1.807, 2.05) is 18.3 Å². The summed E-state index contributed by atoms with van der Waals surface area (Å²) < 4.78 is 0. The van der Waals surface area contributed by atoms with E-state index in [0.29, 0.717) is 5.15 Å². The van der Waals surface area contributed by atoms with Gasteiger partial charge in [-0.3, -0.25) is 0 Å². The molecule has 0 bridgehead atoms. The highest BCUT2D eigenvalue weighted by molar-refractivity contribution is 7.11. The molecular formula is C11H12ClN3S. The van der Waals surface area contributed by atoms with Gasteiger partial charge in [0.1, 0.15) is 5.15 Å². The molecule has 0 unspecified atom stereocenters. The van der Waals surface area contributed by atoms with E-state index in [2.05, 4.69) is 22.2 Å². The third kappa shape index (κ3) is 2.93. The summed E-state index contributed by atoms with van der Waals surface area (Å²) >= 11 is 7.53.